The van der Waals surface area contributed by atoms with E-state index in [4.69, 9.17) is 21.8 Å². The zero-order valence-corrected chi connectivity index (χ0v) is 16.0. The fourth-order valence-electron chi connectivity index (χ4n) is 3.86. The summed E-state index contributed by atoms with van der Waals surface area (Å²) in [5, 5.41) is 0. The second-order valence-electron chi connectivity index (χ2n) is 7.03. The number of methoxy groups -OCH3 is 2. The first kappa shape index (κ1) is 11.0. The molecule has 0 N–H and O–H groups in total. The molecule has 0 amide bonds. The predicted molar refractivity (Wildman–Crippen MR) is 110 cm³/mol. The lowest BCUT2D eigenvalue weighted by molar-refractivity contribution is 0.0895. The molecule has 2 aliphatic rings. The average Bonchev–Trinajstić information content (AvgIpc) is 3.21. The highest BCUT2D eigenvalue weighted by atomic mass is 16.5. The van der Waals surface area contributed by atoms with Crippen molar-refractivity contribution >= 4 is 5.78 Å². The van der Waals surface area contributed by atoms with Crippen molar-refractivity contribution in [1.29, 1.82) is 0 Å². The predicted octanol–water partition coefficient (Wildman–Crippen LogP) is 4.36. The summed E-state index contributed by atoms with van der Waals surface area (Å²) in [6.45, 7) is -2.14. The number of Topliss-reactive ketones (excluding diaryl/α,β-unsaturated/α-hetero) is 1. The van der Waals surface area contributed by atoms with Crippen molar-refractivity contribution in [1.82, 2.24) is 4.90 Å². The lowest BCUT2D eigenvalue weighted by Gasteiger charge is -2.32. The lowest BCUT2D eigenvalue weighted by Crippen LogP contribution is -2.34. The molecule has 2 aromatic rings. The number of carbonyl (C=O) groups is 1. The fraction of sp³-hybridized carbons (Fsp3) is 0.458. The van der Waals surface area contributed by atoms with E-state index >= 15 is 0 Å². The Hall–Kier alpha value is -2.33. The number of benzene rings is 2. The molecular formula is C24H29NO3. The standard InChI is InChI=1S/C24H29NO3/c1-27-22-14-19-13-20(24(26)21(19)15-23(22)28-2)12-17-8-10-25(11-9-17)16-18-6-4-3-5-7-18/h3-7,14-15,17,20H,8-13,16H2,1-2H3/i3D,4D,5D,6D,7D,12D2,16D2. The largest absolute Gasteiger partial charge is 0.493 e. The smallest absolute Gasteiger partial charge is 0.166 e. The van der Waals surface area contributed by atoms with Gasteiger partial charge in [0.15, 0.2) is 17.3 Å². The normalized spacial score (nSPS) is 25.9. The molecule has 1 fully saturated rings. The van der Waals surface area contributed by atoms with E-state index in [1.54, 1.807) is 12.1 Å². The molecular weight excluding hydrogens is 350 g/mol. The SMILES string of the molecule is [2H]c1c([2H])c([2H])c(C([2H])([2H])N2CCC(C([2H])([2H])C3Cc4cc(OC)c(OC)cc4C3=O)CC2)c([2H])c1[2H]. The number of carbonyl (C=O) groups excluding carboxylic acids is 1. The first-order valence-corrected chi connectivity index (χ1v) is 9.38. The van der Waals surface area contributed by atoms with Crippen LogP contribution in [0.1, 0.15) is 53.0 Å². The van der Waals surface area contributed by atoms with Gasteiger partial charge in [0.1, 0.15) is 0 Å². The van der Waals surface area contributed by atoms with Gasteiger partial charge in [-0.3, -0.25) is 9.69 Å². The van der Waals surface area contributed by atoms with Crippen LogP contribution in [0.5, 0.6) is 11.5 Å². The monoisotopic (exact) mass is 388 g/mol. The quantitative estimate of drug-likeness (QED) is 0.737. The minimum atomic E-state index is -2.35. The van der Waals surface area contributed by atoms with E-state index in [1.807, 2.05) is 0 Å². The summed E-state index contributed by atoms with van der Waals surface area (Å²) in [6.07, 6.45) is -1.13. The Labute approximate surface area is 180 Å². The highest BCUT2D eigenvalue weighted by Gasteiger charge is 2.34. The summed E-state index contributed by atoms with van der Waals surface area (Å²) in [5.41, 5.74) is 0.692. The van der Waals surface area contributed by atoms with E-state index in [9.17, 15) is 4.79 Å². The van der Waals surface area contributed by atoms with Gasteiger partial charge >= 0.3 is 0 Å². The van der Waals surface area contributed by atoms with Gasteiger partial charge in [-0.25, -0.2) is 0 Å². The van der Waals surface area contributed by atoms with Gasteiger partial charge in [-0.05, 0) is 67.9 Å². The second kappa shape index (κ2) is 8.36. The number of likely N-dealkylation sites (tertiary alicyclic amines) is 1. The summed E-state index contributed by atoms with van der Waals surface area (Å²) < 4.78 is 85.5. The molecule has 0 saturated carbocycles. The van der Waals surface area contributed by atoms with Crippen LogP contribution in [0.2, 0.25) is 0 Å². The summed E-state index contributed by atoms with van der Waals surface area (Å²) in [4.78, 5) is 14.6. The molecule has 1 aliphatic carbocycles. The number of hydrogen-bond donors (Lipinski definition) is 0. The minimum absolute atomic E-state index is 0.106. The van der Waals surface area contributed by atoms with Crippen molar-refractivity contribution in [2.75, 3.05) is 27.3 Å². The number of hydrogen-bond acceptors (Lipinski definition) is 4. The van der Waals surface area contributed by atoms with Gasteiger partial charge in [-0.1, -0.05) is 30.2 Å². The number of rotatable bonds is 6. The molecule has 4 heteroatoms. The summed E-state index contributed by atoms with van der Waals surface area (Å²) in [7, 11) is 2.96. The van der Waals surface area contributed by atoms with Crippen LogP contribution in [0.15, 0.2) is 42.3 Å². The summed E-state index contributed by atoms with van der Waals surface area (Å²) in [6, 6.07) is 0.335. The van der Waals surface area contributed by atoms with Crippen LogP contribution >= 0.6 is 0 Å². The molecule has 0 aromatic heterocycles. The molecule has 1 heterocycles. The van der Waals surface area contributed by atoms with Crippen molar-refractivity contribution in [3.8, 4) is 11.5 Å². The molecule has 0 radical (unpaired) electrons. The Bertz CT molecular complexity index is 1210. The molecule has 28 heavy (non-hydrogen) atoms. The van der Waals surface area contributed by atoms with Crippen LogP contribution in [0, 0.1) is 11.8 Å². The number of ether oxygens (including phenoxy) is 2. The maximum absolute atomic E-state index is 13.2. The van der Waals surface area contributed by atoms with E-state index in [2.05, 4.69) is 0 Å². The topological polar surface area (TPSA) is 38.8 Å². The molecule has 4 rings (SSSR count). The maximum atomic E-state index is 13.2. The average molecular weight is 389 g/mol. The van der Waals surface area contributed by atoms with Gasteiger partial charge in [0.2, 0.25) is 0 Å². The first-order chi connectivity index (χ1) is 17.3. The van der Waals surface area contributed by atoms with E-state index in [-0.39, 0.29) is 38.1 Å². The summed E-state index contributed by atoms with van der Waals surface area (Å²) in [5.74, 6) is -0.837. The number of ketones is 1. The van der Waals surface area contributed by atoms with Gasteiger partial charge in [0.25, 0.3) is 0 Å². The molecule has 1 aliphatic heterocycles. The Morgan fingerprint density at radius 2 is 1.79 bits per heavy atom. The fourth-order valence-corrected chi connectivity index (χ4v) is 3.86. The van der Waals surface area contributed by atoms with Crippen molar-refractivity contribution < 1.29 is 26.6 Å². The third kappa shape index (κ3) is 3.93. The van der Waals surface area contributed by atoms with Gasteiger partial charge in [-0.15, -0.1) is 0 Å². The molecule has 1 unspecified atom stereocenters. The molecule has 0 bridgehead atoms. The Morgan fingerprint density at radius 3 is 2.46 bits per heavy atom. The van der Waals surface area contributed by atoms with Crippen molar-refractivity contribution in [2.24, 2.45) is 11.8 Å². The molecule has 1 atom stereocenters. The third-order valence-corrected chi connectivity index (χ3v) is 5.32. The van der Waals surface area contributed by atoms with Crippen LogP contribution in [0.25, 0.3) is 0 Å². The highest BCUT2D eigenvalue weighted by Crippen LogP contribution is 2.39. The van der Waals surface area contributed by atoms with Gasteiger partial charge in [-0.2, -0.15) is 0 Å². The zero-order chi connectivity index (χ0) is 27.4. The van der Waals surface area contributed by atoms with Crippen LogP contribution in [-0.4, -0.2) is 38.0 Å². The van der Waals surface area contributed by atoms with Crippen LogP contribution in [0.4, 0.5) is 0 Å². The van der Waals surface area contributed by atoms with Crippen molar-refractivity contribution in [3.63, 3.8) is 0 Å². The molecule has 0 spiro atoms. The molecule has 2 aromatic carbocycles. The van der Waals surface area contributed by atoms with Crippen LogP contribution in [0.3, 0.4) is 0 Å². The van der Waals surface area contributed by atoms with Crippen LogP contribution < -0.4 is 9.47 Å². The van der Waals surface area contributed by atoms with Crippen LogP contribution in [-0.2, 0) is 12.9 Å². The van der Waals surface area contributed by atoms with Gasteiger partial charge < -0.3 is 9.47 Å². The molecule has 4 nitrogen and oxygen atoms in total. The van der Waals surface area contributed by atoms with E-state index in [1.165, 1.54) is 19.1 Å². The number of fused-ring (bicyclic) bond motifs is 1. The number of nitrogens with zero attached hydrogens (tertiary/aromatic N) is 1. The first-order valence-electron chi connectivity index (χ1n) is 13.9. The van der Waals surface area contributed by atoms with E-state index in [0.29, 0.717) is 22.6 Å². The van der Waals surface area contributed by atoms with E-state index < -0.39 is 60.5 Å². The van der Waals surface area contributed by atoms with Gasteiger partial charge in [0.05, 0.1) is 21.1 Å². The van der Waals surface area contributed by atoms with Gasteiger partial charge in [0, 0.05) is 23.5 Å². The van der Waals surface area contributed by atoms with Crippen molar-refractivity contribution in [2.45, 2.75) is 32.1 Å². The van der Waals surface area contributed by atoms with Crippen molar-refractivity contribution in [3.05, 3.63) is 59.0 Å². The molecule has 1 saturated heterocycles. The minimum Gasteiger partial charge on any atom is -0.493 e. The highest BCUT2D eigenvalue weighted by molar-refractivity contribution is 6.02. The second-order valence-corrected chi connectivity index (χ2v) is 7.03. The Balaban J connectivity index is 1.53. The zero-order valence-electron chi connectivity index (χ0n) is 25.0. The Morgan fingerprint density at radius 1 is 1.11 bits per heavy atom. The van der Waals surface area contributed by atoms with E-state index in [0.717, 1.165) is 0 Å². The third-order valence-electron chi connectivity index (χ3n) is 5.32. The number of piperidine rings is 1. The maximum Gasteiger partial charge on any atom is 0.166 e. The Kier molecular flexibility index (Phi) is 3.29. The summed E-state index contributed by atoms with van der Waals surface area (Å²) >= 11 is 0. The lowest BCUT2D eigenvalue weighted by atomic mass is 9.85. The molecule has 148 valence electrons.